The lowest BCUT2D eigenvalue weighted by Crippen LogP contribution is -2.45. The Bertz CT molecular complexity index is 291. The van der Waals surface area contributed by atoms with E-state index in [1.807, 2.05) is 0 Å². The molecule has 1 aliphatic rings. The van der Waals surface area contributed by atoms with E-state index in [0.717, 1.165) is 32.4 Å². The fourth-order valence-corrected chi connectivity index (χ4v) is 2.17. The number of methoxy groups -OCH3 is 1. The molecule has 2 N–H and O–H groups in total. The average molecular weight is 271 g/mol. The van der Waals surface area contributed by atoms with Crippen LogP contribution in [0.25, 0.3) is 0 Å². The van der Waals surface area contributed by atoms with Crippen LogP contribution in [0.5, 0.6) is 0 Å². The number of piperidine rings is 1. The molecular formula is C13H25N3O3. The molecular weight excluding hydrogens is 246 g/mol. The standard InChI is InChI=1S/C13H25N3O3/c1-16(10-12(17)15-7-4-8-19-2)13(18)11-5-3-6-14-9-11/h11,14H,3-10H2,1-2H3,(H,15,17)/t11-/m0/s1. The molecule has 1 fully saturated rings. The van der Waals surface area contributed by atoms with Crippen molar-refractivity contribution in [2.75, 3.05) is 46.9 Å². The zero-order valence-corrected chi connectivity index (χ0v) is 11.9. The number of hydrogen-bond donors (Lipinski definition) is 2. The summed E-state index contributed by atoms with van der Waals surface area (Å²) >= 11 is 0. The van der Waals surface area contributed by atoms with Gasteiger partial charge in [0.1, 0.15) is 0 Å². The molecule has 0 radical (unpaired) electrons. The molecule has 1 heterocycles. The molecule has 1 atom stereocenters. The Labute approximate surface area is 114 Å². The number of ether oxygens (including phenoxy) is 1. The third-order valence-electron chi connectivity index (χ3n) is 3.25. The molecule has 6 heteroatoms. The highest BCUT2D eigenvalue weighted by molar-refractivity contribution is 5.85. The van der Waals surface area contributed by atoms with E-state index in [-0.39, 0.29) is 24.3 Å². The second kappa shape index (κ2) is 8.87. The van der Waals surface area contributed by atoms with Gasteiger partial charge in [-0.15, -0.1) is 0 Å². The first-order valence-electron chi connectivity index (χ1n) is 6.86. The minimum atomic E-state index is -0.115. The maximum Gasteiger partial charge on any atom is 0.239 e. The Morgan fingerprint density at radius 2 is 2.26 bits per heavy atom. The highest BCUT2D eigenvalue weighted by Crippen LogP contribution is 2.12. The van der Waals surface area contributed by atoms with Gasteiger partial charge >= 0.3 is 0 Å². The van der Waals surface area contributed by atoms with Gasteiger partial charge in [0.15, 0.2) is 0 Å². The van der Waals surface area contributed by atoms with Gasteiger partial charge in [0, 0.05) is 33.9 Å². The summed E-state index contributed by atoms with van der Waals surface area (Å²) in [6, 6.07) is 0. The molecule has 19 heavy (non-hydrogen) atoms. The summed E-state index contributed by atoms with van der Waals surface area (Å²) in [5, 5.41) is 5.99. The Morgan fingerprint density at radius 3 is 2.89 bits per heavy atom. The molecule has 0 aromatic rings. The molecule has 1 rings (SSSR count). The number of hydrogen-bond acceptors (Lipinski definition) is 4. The van der Waals surface area contributed by atoms with Gasteiger partial charge < -0.3 is 20.3 Å². The first-order chi connectivity index (χ1) is 9.15. The third-order valence-corrected chi connectivity index (χ3v) is 3.25. The van der Waals surface area contributed by atoms with Crippen molar-refractivity contribution in [3.8, 4) is 0 Å². The molecule has 0 saturated carbocycles. The lowest BCUT2D eigenvalue weighted by molar-refractivity contribution is -0.138. The van der Waals surface area contributed by atoms with E-state index >= 15 is 0 Å². The molecule has 6 nitrogen and oxygen atoms in total. The molecule has 110 valence electrons. The maximum absolute atomic E-state index is 12.1. The number of carbonyl (C=O) groups is 2. The van der Waals surface area contributed by atoms with Crippen molar-refractivity contribution in [2.45, 2.75) is 19.3 Å². The van der Waals surface area contributed by atoms with E-state index in [1.54, 1.807) is 14.2 Å². The van der Waals surface area contributed by atoms with Crippen LogP contribution in [0.15, 0.2) is 0 Å². The Morgan fingerprint density at radius 1 is 1.47 bits per heavy atom. The van der Waals surface area contributed by atoms with Gasteiger partial charge in [-0.3, -0.25) is 9.59 Å². The minimum absolute atomic E-state index is 0.0139. The van der Waals surface area contributed by atoms with Crippen molar-refractivity contribution in [1.82, 2.24) is 15.5 Å². The van der Waals surface area contributed by atoms with Crippen LogP contribution in [-0.4, -0.2) is 63.7 Å². The molecule has 0 aromatic heterocycles. The highest BCUT2D eigenvalue weighted by atomic mass is 16.5. The topological polar surface area (TPSA) is 70.7 Å². The van der Waals surface area contributed by atoms with Crippen LogP contribution in [0, 0.1) is 5.92 Å². The zero-order chi connectivity index (χ0) is 14.1. The van der Waals surface area contributed by atoms with Crippen LogP contribution >= 0.6 is 0 Å². The monoisotopic (exact) mass is 271 g/mol. The Hall–Kier alpha value is -1.14. The second-order valence-electron chi connectivity index (χ2n) is 4.93. The van der Waals surface area contributed by atoms with Crippen LogP contribution in [0.4, 0.5) is 0 Å². The molecule has 1 saturated heterocycles. The lowest BCUT2D eigenvalue weighted by Gasteiger charge is -2.26. The molecule has 0 spiro atoms. The number of likely N-dealkylation sites (N-methyl/N-ethyl adjacent to an activating group) is 1. The van der Waals surface area contributed by atoms with Gasteiger partial charge in [-0.1, -0.05) is 0 Å². The van der Waals surface area contributed by atoms with Crippen molar-refractivity contribution >= 4 is 11.8 Å². The summed E-state index contributed by atoms with van der Waals surface area (Å²) in [6.07, 6.45) is 2.71. The molecule has 0 unspecified atom stereocenters. The van der Waals surface area contributed by atoms with Crippen molar-refractivity contribution in [3.63, 3.8) is 0 Å². The largest absolute Gasteiger partial charge is 0.385 e. The highest BCUT2D eigenvalue weighted by Gasteiger charge is 2.24. The van der Waals surface area contributed by atoms with Crippen LogP contribution in [0.3, 0.4) is 0 Å². The van der Waals surface area contributed by atoms with Crippen LogP contribution in [0.1, 0.15) is 19.3 Å². The van der Waals surface area contributed by atoms with Crippen LogP contribution < -0.4 is 10.6 Å². The quantitative estimate of drug-likeness (QED) is 0.618. The molecule has 1 aliphatic heterocycles. The smallest absolute Gasteiger partial charge is 0.239 e. The van der Waals surface area contributed by atoms with Gasteiger partial charge in [0.2, 0.25) is 11.8 Å². The summed E-state index contributed by atoms with van der Waals surface area (Å²) in [5.74, 6) is -0.0463. The van der Waals surface area contributed by atoms with Crippen molar-refractivity contribution in [3.05, 3.63) is 0 Å². The van der Waals surface area contributed by atoms with E-state index in [9.17, 15) is 9.59 Å². The second-order valence-corrected chi connectivity index (χ2v) is 4.93. The SMILES string of the molecule is COCCCNC(=O)CN(C)C(=O)[C@H]1CCCNC1. The number of carbonyl (C=O) groups excluding carboxylic acids is 2. The number of amides is 2. The maximum atomic E-state index is 12.1. The first-order valence-corrected chi connectivity index (χ1v) is 6.86. The summed E-state index contributed by atoms with van der Waals surface area (Å²) in [7, 11) is 3.32. The van der Waals surface area contributed by atoms with Crippen molar-refractivity contribution < 1.29 is 14.3 Å². The molecule has 0 aromatic carbocycles. The third kappa shape index (κ3) is 6.02. The normalized spacial score (nSPS) is 18.9. The number of nitrogens with zero attached hydrogens (tertiary/aromatic N) is 1. The van der Waals surface area contributed by atoms with Gasteiger partial charge in [-0.05, 0) is 25.8 Å². The van der Waals surface area contributed by atoms with E-state index in [2.05, 4.69) is 10.6 Å². The van der Waals surface area contributed by atoms with Crippen LogP contribution in [0.2, 0.25) is 0 Å². The predicted molar refractivity (Wildman–Crippen MR) is 72.7 cm³/mol. The predicted octanol–water partition coefficient (Wildman–Crippen LogP) is -0.403. The Kier molecular flexibility index (Phi) is 7.43. The van der Waals surface area contributed by atoms with Gasteiger partial charge in [0.25, 0.3) is 0 Å². The molecule has 0 bridgehead atoms. The first kappa shape index (κ1) is 15.9. The van der Waals surface area contributed by atoms with E-state index in [1.165, 1.54) is 4.90 Å². The Balaban J connectivity index is 2.22. The summed E-state index contributed by atoms with van der Waals surface area (Å²) in [5.41, 5.74) is 0. The lowest BCUT2D eigenvalue weighted by atomic mass is 9.98. The van der Waals surface area contributed by atoms with Crippen molar-refractivity contribution in [1.29, 1.82) is 0 Å². The average Bonchev–Trinajstić information content (AvgIpc) is 2.43. The number of rotatable bonds is 7. The van der Waals surface area contributed by atoms with Gasteiger partial charge in [0.05, 0.1) is 12.5 Å². The van der Waals surface area contributed by atoms with E-state index in [4.69, 9.17) is 4.74 Å². The summed E-state index contributed by atoms with van der Waals surface area (Å²) < 4.78 is 4.90. The van der Waals surface area contributed by atoms with E-state index in [0.29, 0.717) is 13.2 Å². The van der Waals surface area contributed by atoms with Crippen molar-refractivity contribution in [2.24, 2.45) is 5.92 Å². The number of nitrogens with one attached hydrogen (secondary N) is 2. The summed E-state index contributed by atoms with van der Waals surface area (Å²) in [6.45, 7) is 3.04. The molecule has 2 amide bonds. The fraction of sp³-hybridized carbons (Fsp3) is 0.846. The zero-order valence-electron chi connectivity index (χ0n) is 11.9. The fourth-order valence-electron chi connectivity index (χ4n) is 2.17. The van der Waals surface area contributed by atoms with Crippen LogP contribution in [-0.2, 0) is 14.3 Å². The van der Waals surface area contributed by atoms with Gasteiger partial charge in [-0.25, -0.2) is 0 Å². The minimum Gasteiger partial charge on any atom is -0.385 e. The molecule has 0 aliphatic carbocycles. The van der Waals surface area contributed by atoms with Gasteiger partial charge in [-0.2, -0.15) is 0 Å². The summed E-state index contributed by atoms with van der Waals surface area (Å²) in [4.78, 5) is 25.3. The van der Waals surface area contributed by atoms with E-state index < -0.39 is 0 Å².